The van der Waals surface area contributed by atoms with Gasteiger partial charge in [-0.3, -0.25) is 9.69 Å². The molecule has 1 atom stereocenters. The number of aliphatic carboxylic acids is 1. The Morgan fingerprint density at radius 2 is 2.12 bits per heavy atom. The molecule has 0 N–H and O–H groups in total. The Hall–Kier alpha value is -2.06. The van der Waals surface area contributed by atoms with Gasteiger partial charge in [-0.05, 0) is 30.7 Å². The third-order valence-electron chi connectivity index (χ3n) is 3.52. The highest BCUT2D eigenvalue weighted by Crippen LogP contribution is 2.36. The zero-order valence-electron chi connectivity index (χ0n) is 13.4. The normalized spacial score (nSPS) is 17.3. The Bertz CT molecular complexity index is 716. The predicted molar refractivity (Wildman–Crippen MR) is 93.6 cm³/mol. The summed E-state index contributed by atoms with van der Waals surface area (Å²) in [6.45, 7) is 1.66. The van der Waals surface area contributed by atoms with Crippen molar-refractivity contribution in [3.8, 4) is 11.5 Å². The molecular weight excluding hydrogens is 350 g/mol. The smallest absolute Gasteiger partial charge is 0.266 e. The zero-order valence-corrected chi connectivity index (χ0v) is 15.0. The van der Waals surface area contributed by atoms with Crippen LogP contribution in [0.15, 0.2) is 23.1 Å². The molecule has 1 amide bonds. The van der Waals surface area contributed by atoms with Crippen molar-refractivity contribution < 1.29 is 24.2 Å². The number of thiocarbonyl (C=S) groups is 1. The molecule has 8 heteroatoms. The third kappa shape index (κ3) is 3.54. The second-order valence-corrected chi connectivity index (χ2v) is 6.58. The van der Waals surface area contributed by atoms with Gasteiger partial charge in [-0.1, -0.05) is 30.9 Å². The highest BCUT2D eigenvalue weighted by Gasteiger charge is 2.37. The molecule has 0 unspecified atom stereocenters. The van der Waals surface area contributed by atoms with E-state index < -0.39 is 17.9 Å². The van der Waals surface area contributed by atoms with Crippen molar-refractivity contribution in [1.29, 1.82) is 0 Å². The molecule has 1 aromatic rings. The van der Waals surface area contributed by atoms with Crippen LogP contribution in [0.25, 0.3) is 6.08 Å². The van der Waals surface area contributed by atoms with Gasteiger partial charge in [-0.25, -0.2) is 0 Å². The van der Waals surface area contributed by atoms with Crippen molar-refractivity contribution in [3.63, 3.8) is 0 Å². The molecule has 0 saturated carbocycles. The first-order valence-corrected chi connectivity index (χ1v) is 8.35. The van der Waals surface area contributed by atoms with Gasteiger partial charge < -0.3 is 19.4 Å². The number of carbonyl (C=O) groups excluding carboxylic acids is 2. The lowest BCUT2D eigenvalue weighted by Crippen LogP contribution is -2.49. The highest BCUT2D eigenvalue weighted by atomic mass is 32.2. The quantitative estimate of drug-likeness (QED) is 0.557. The first-order valence-electron chi connectivity index (χ1n) is 7.12. The van der Waals surface area contributed by atoms with E-state index in [4.69, 9.17) is 21.7 Å². The van der Waals surface area contributed by atoms with Gasteiger partial charge in [0.1, 0.15) is 15.8 Å². The molecule has 1 fully saturated rings. The van der Waals surface area contributed by atoms with Gasteiger partial charge in [-0.2, -0.15) is 0 Å². The Morgan fingerprint density at radius 1 is 1.42 bits per heavy atom. The van der Waals surface area contributed by atoms with Crippen molar-refractivity contribution >= 4 is 46.3 Å². The fraction of sp³-hybridized carbons (Fsp3) is 0.312. The topological polar surface area (TPSA) is 78.9 Å². The van der Waals surface area contributed by atoms with Gasteiger partial charge in [0.2, 0.25) is 0 Å². The van der Waals surface area contributed by atoms with E-state index in [0.29, 0.717) is 22.0 Å². The Kier molecular flexibility index (Phi) is 5.84. The number of ether oxygens (including phenoxy) is 2. The average molecular weight is 366 g/mol. The number of methoxy groups -OCH3 is 2. The number of carbonyl (C=O) groups is 2. The third-order valence-corrected chi connectivity index (χ3v) is 4.85. The maximum absolute atomic E-state index is 12.6. The van der Waals surface area contributed by atoms with Gasteiger partial charge in [0.25, 0.3) is 5.91 Å². The second kappa shape index (κ2) is 7.67. The molecular formula is C16H16NO5S2-. The number of amides is 1. The van der Waals surface area contributed by atoms with E-state index in [1.807, 2.05) is 0 Å². The van der Waals surface area contributed by atoms with E-state index in [0.717, 1.165) is 16.7 Å². The van der Waals surface area contributed by atoms with Crippen molar-refractivity contribution in [2.45, 2.75) is 19.4 Å². The molecule has 0 bridgehead atoms. The number of thioether (sulfide) groups is 1. The summed E-state index contributed by atoms with van der Waals surface area (Å²) in [6.07, 6.45) is 1.83. The van der Waals surface area contributed by atoms with E-state index in [2.05, 4.69) is 0 Å². The lowest BCUT2D eigenvalue weighted by Gasteiger charge is -2.26. The number of hydrogen-bond acceptors (Lipinski definition) is 7. The minimum Gasteiger partial charge on any atom is -0.548 e. The van der Waals surface area contributed by atoms with Crippen LogP contribution in [-0.4, -0.2) is 41.4 Å². The first kappa shape index (κ1) is 18.3. The van der Waals surface area contributed by atoms with E-state index in [-0.39, 0.29) is 10.7 Å². The summed E-state index contributed by atoms with van der Waals surface area (Å²) in [6, 6.07) is 4.11. The fourth-order valence-electron chi connectivity index (χ4n) is 2.30. The predicted octanol–water partition coefficient (Wildman–Crippen LogP) is 1.43. The molecule has 2 rings (SSSR count). The first-order chi connectivity index (χ1) is 11.4. The van der Waals surface area contributed by atoms with Crippen molar-refractivity contribution in [1.82, 2.24) is 4.90 Å². The second-order valence-electron chi connectivity index (χ2n) is 4.90. The van der Waals surface area contributed by atoms with Gasteiger partial charge in [0.05, 0.1) is 31.1 Å². The molecule has 0 spiro atoms. The molecule has 6 nitrogen and oxygen atoms in total. The number of nitrogens with zero attached hydrogens (tertiary/aromatic N) is 1. The molecule has 0 aromatic heterocycles. The van der Waals surface area contributed by atoms with Gasteiger partial charge in [0.15, 0.2) is 0 Å². The maximum Gasteiger partial charge on any atom is 0.266 e. The van der Waals surface area contributed by atoms with Crippen LogP contribution in [0.3, 0.4) is 0 Å². The zero-order chi connectivity index (χ0) is 17.9. The number of carboxylic acids is 1. The van der Waals surface area contributed by atoms with Crippen LogP contribution < -0.4 is 14.6 Å². The average Bonchev–Trinajstić information content (AvgIpc) is 2.83. The van der Waals surface area contributed by atoms with Gasteiger partial charge in [-0.15, -0.1) is 0 Å². The highest BCUT2D eigenvalue weighted by molar-refractivity contribution is 8.26. The van der Waals surface area contributed by atoms with E-state index in [1.54, 1.807) is 31.2 Å². The number of carboxylic acid groups (broad SMARTS) is 1. The standard InChI is InChI=1S/C16H17NO5S2/c1-4-11(15(19)20)17-14(18)13(24-16(17)23)8-9-7-10(21-2)5-6-12(9)22-3/h5-8,11H,4H2,1-3H3,(H,19,20)/p-1/b13-8-/t11-/m0/s1. The summed E-state index contributed by atoms with van der Waals surface area (Å²) < 4.78 is 10.7. The van der Waals surface area contributed by atoms with Crippen molar-refractivity contribution in [2.75, 3.05) is 14.2 Å². The lowest BCUT2D eigenvalue weighted by atomic mass is 10.1. The number of rotatable bonds is 6. The molecule has 128 valence electrons. The van der Waals surface area contributed by atoms with E-state index >= 15 is 0 Å². The van der Waals surface area contributed by atoms with Crippen molar-refractivity contribution in [3.05, 3.63) is 28.7 Å². The number of benzene rings is 1. The molecule has 1 heterocycles. The molecule has 1 saturated heterocycles. The van der Waals surface area contributed by atoms with Gasteiger partial charge >= 0.3 is 0 Å². The fourth-order valence-corrected chi connectivity index (χ4v) is 3.64. The van der Waals surface area contributed by atoms with Crippen LogP contribution in [0, 0.1) is 0 Å². The minimum absolute atomic E-state index is 0.198. The van der Waals surface area contributed by atoms with Crippen LogP contribution in [-0.2, 0) is 9.59 Å². The molecule has 1 aliphatic rings. The minimum atomic E-state index is -1.32. The Balaban J connectivity index is 2.40. The molecule has 0 aliphatic carbocycles. The summed E-state index contributed by atoms with van der Waals surface area (Å²) in [5, 5.41) is 11.2. The SMILES string of the molecule is CC[C@@H](C(=O)[O-])N1C(=O)/C(=C/c2cc(OC)ccc2OC)SC1=S. The number of hydrogen-bond donors (Lipinski definition) is 0. The Labute approximate surface area is 149 Å². The monoisotopic (exact) mass is 366 g/mol. The molecule has 1 aromatic carbocycles. The lowest BCUT2D eigenvalue weighted by molar-refractivity contribution is -0.310. The maximum atomic E-state index is 12.6. The van der Waals surface area contributed by atoms with Crippen LogP contribution in [0.1, 0.15) is 18.9 Å². The van der Waals surface area contributed by atoms with Gasteiger partial charge in [0, 0.05) is 5.56 Å². The summed E-state index contributed by atoms with van der Waals surface area (Å²) in [5.74, 6) is -0.605. The van der Waals surface area contributed by atoms with Crippen LogP contribution in [0.5, 0.6) is 11.5 Å². The molecule has 1 aliphatic heterocycles. The van der Waals surface area contributed by atoms with E-state index in [9.17, 15) is 14.7 Å². The summed E-state index contributed by atoms with van der Waals surface area (Å²) in [4.78, 5) is 25.2. The van der Waals surface area contributed by atoms with Crippen LogP contribution in [0.4, 0.5) is 0 Å². The Morgan fingerprint density at radius 3 is 2.67 bits per heavy atom. The van der Waals surface area contributed by atoms with Crippen LogP contribution in [0.2, 0.25) is 0 Å². The largest absolute Gasteiger partial charge is 0.548 e. The summed E-state index contributed by atoms with van der Waals surface area (Å²) in [7, 11) is 3.06. The molecule has 24 heavy (non-hydrogen) atoms. The summed E-state index contributed by atoms with van der Waals surface area (Å²) >= 11 is 6.21. The molecule has 0 radical (unpaired) electrons. The van der Waals surface area contributed by atoms with Crippen LogP contribution >= 0.6 is 24.0 Å². The van der Waals surface area contributed by atoms with E-state index in [1.165, 1.54) is 14.2 Å². The van der Waals surface area contributed by atoms with Crippen molar-refractivity contribution in [2.24, 2.45) is 0 Å². The summed E-state index contributed by atoms with van der Waals surface area (Å²) in [5.41, 5.74) is 0.638.